The van der Waals surface area contributed by atoms with E-state index in [0.29, 0.717) is 0 Å². The zero-order chi connectivity index (χ0) is 16.7. The Balaban J connectivity index is 1.75. The van der Waals surface area contributed by atoms with Crippen molar-refractivity contribution < 1.29 is 9.53 Å². The van der Waals surface area contributed by atoms with E-state index in [4.69, 9.17) is 4.74 Å². The van der Waals surface area contributed by atoms with Crippen LogP contribution in [-0.4, -0.2) is 12.1 Å². The van der Waals surface area contributed by atoms with Gasteiger partial charge in [0.25, 0.3) is 0 Å². The van der Waals surface area contributed by atoms with Crippen LogP contribution in [0.2, 0.25) is 0 Å². The number of rotatable bonds is 6. The molecule has 2 rings (SSSR count). The van der Waals surface area contributed by atoms with Gasteiger partial charge in [0.1, 0.15) is 6.10 Å². The highest BCUT2D eigenvalue weighted by molar-refractivity contribution is 5.72. The van der Waals surface area contributed by atoms with Crippen molar-refractivity contribution in [2.45, 2.75) is 97.0 Å². The molecule has 2 aliphatic carbocycles. The highest BCUT2D eigenvalue weighted by atomic mass is 16.5. The number of carbonyl (C=O) groups is 1. The molecule has 23 heavy (non-hydrogen) atoms. The van der Waals surface area contributed by atoms with Crippen LogP contribution in [0.4, 0.5) is 0 Å². The maximum atomic E-state index is 12.4. The molecule has 0 radical (unpaired) electrons. The topological polar surface area (TPSA) is 50.1 Å². The lowest BCUT2D eigenvalue weighted by molar-refractivity contribution is -0.157. The molecule has 130 valence electrons. The predicted molar refractivity (Wildman–Crippen MR) is 91.7 cm³/mol. The van der Waals surface area contributed by atoms with Gasteiger partial charge in [0.2, 0.25) is 0 Å². The van der Waals surface area contributed by atoms with E-state index in [9.17, 15) is 10.1 Å². The Hall–Kier alpha value is -1.04. The van der Waals surface area contributed by atoms with Crippen molar-refractivity contribution >= 4 is 5.97 Å². The lowest BCUT2D eigenvalue weighted by Crippen LogP contribution is -2.33. The van der Waals surface area contributed by atoms with Crippen LogP contribution in [0.5, 0.6) is 0 Å². The molecule has 0 atom stereocenters. The van der Waals surface area contributed by atoms with E-state index in [1.54, 1.807) is 0 Å². The lowest BCUT2D eigenvalue weighted by atomic mass is 9.69. The van der Waals surface area contributed by atoms with E-state index in [2.05, 4.69) is 19.9 Å². The molecule has 0 heterocycles. The van der Waals surface area contributed by atoms with Crippen LogP contribution in [0.15, 0.2) is 0 Å². The summed E-state index contributed by atoms with van der Waals surface area (Å²) in [5.41, 5.74) is -0.177. The fourth-order valence-corrected chi connectivity index (χ4v) is 4.51. The summed E-state index contributed by atoms with van der Waals surface area (Å²) >= 11 is 0. The van der Waals surface area contributed by atoms with Gasteiger partial charge in [0, 0.05) is 0 Å². The summed E-state index contributed by atoms with van der Waals surface area (Å²) in [6.45, 7) is 4.38. The minimum atomic E-state index is -0.177. The first-order chi connectivity index (χ1) is 11.1. The Morgan fingerprint density at radius 3 is 2.26 bits per heavy atom. The number of esters is 1. The molecular formula is C20H33NO2. The van der Waals surface area contributed by atoms with Gasteiger partial charge in [-0.2, -0.15) is 5.26 Å². The summed E-state index contributed by atoms with van der Waals surface area (Å²) in [7, 11) is 0. The van der Waals surface area contributed by atoms with Crippen LogP contribution >= 0.6 is 0 Å². The highest BCUT2D eigenvalue weighted by Gasteiger charge is 2.38. The second-order valence-corrected chi connectivity index (χ2v) is 7.78. The van der Waals surface area contributed by atoms with Crippen molar-refractivity contribution in [1.82, 2.24) is 0 Å². The number of nitriles is 1. The van der Waals surface area contributed by atoms with Crippen LogP contribution < -0.4 is 0 Å². The van der Waals surface area contributed by atoms with Gasteiger partial charge in [-0.15, -0.1) is 0 Å². The van der Waals surface area contributed by atoms with E-state index in [0.717, 1.165) is 57.3 Å². The average Bonchev–Trinajstić information content (AvgIpc) is 2.58. The number of carbonyl (C=O) groups excluding carboxylic acids is 1. The number of hydrogen-bond acceptors (Lipinski definition) is 3. The van der Waals surface area contributed by atoms with Gasteiger partial charge in [-0.1, -0.05) is 33.1 Å². The van der Waals surface area contributed by atoms with Crippen LogP contribution in [-0.2, 0) is 9.53 Å². The molecule has 3 heteroatoms. The van der Waals surface area contributed by atoms with E-state index in [1.165, 1.54) is 25.7 Å². The Morgan fingerprint density at radius 1 is 1.09 bits per heavy atom. The van der Waals surface area contributed by atoms with Crippen molar-refractivity contribution in [3.8, 4) is 6.07 Å². The van der Waals surface area contributed by atoms with Gasteiger partial charge in [0.05, 0.1) is 17.4 Å². The molecule has 0 unspecified atom stereocenters. The van der Waals surface area contributed by atoms with Gasteiger partial charge in [-0.05, 0) is 63.7 Å². The summed E-state index contributed by atoms with van der Waals surface area (Å²) in [6.07, 6.45) is 12.6. The van der Waals surface area contributed by atoms with E-state index >= 15 is 0 Å². The summed E-state index contributed by atoms with van der Waals surface area (Å²) in [6, 6.07) is 2.52. The zero-order valence-corrected chi connectivity index (χ0v) is 15.0. The maximum Gasteiger partial charge on any atom is 0.309 e. The van der Waals surface area contributed by atoms with Gasteiger partial charge in [-0.3, -0.25) is 4.79 Å². The molecule has 0 amide bonds. The summed E-state index contributed by atoms with van der Waals surface area (Å²) in [5, 5.41) is 9.46. The molecule has 2 aliphatic rings. The molecule has 0 aliphatic heterocycles. The third kappa shape index (κ3) is 4.96. The fourth-order valence-electron chi connectivity index (χ4n) is 4.51. The Labute approximate surface area is 141 Å². The van der Waals surface area contributed by atoms with E-state index in [-0.39, 0.29) is 23.4 Å². The molecule has 0 aromatic rings. The van der Waals surface area contributed by atoms with Crippen molar-refractivity contribution in [2.75, 3.05) is 0 Å². The lowest BCUT2D eigenvalue weighted by Gasteiger charge is -2.35. The minimum Gasteiger partial charge on any atom is -0.462 e. The minimum absolute atomic E-state index is 0.00646. The van der Waals surface area contributed by atoms with Crippen molar-refractivity contribution in [3.63, 3.8) is 0 Å². The smallest absolute Gasteiger partial charge is 0.309 e. The Kier molecular flexibility index (Phi) is 6.93. The third-order valence-corrected chi connectivity index (χ3v) is 6.02. The molecular weight excluding hydrogens is 286 g/mol. The molecule has 0 aromatic heterocycles. The second kappa shape index (κ2) is 8.71. The number of hydrogen-bond donors (Lipinski definition) is 0. The van der Waals surface area contributed by atoms with Crippen LogP contribution in [0.25, 0.3) is 0 Å². The third-order valence-electron chi connectivity index (χ3n) is 6.02. The van der Waals surface area contributed by atoms with Gasteiger partial charge in [0.15, 0.2) is 0 Å². The van der Waals surface area contributed by atoms with Crippen molar-refractivity contribution in [1.29, 1.82) is 5.26 Å². The normalized spacial score (nSPS) is 34.6. The maximum absolute atomic E-state index is 12.4. The average molecular weight is 319 g/mol. The van der Waals surface area contributed by atoms with Crippen LogP contribution in [0, 0.1) is 28.6 Å². The van der Waals surface area contributed by atoms with Crippen LogP contribution in [0.3, 0.4) is 0 Å². The molecule has 0 aromatic carbocycles. The van der Waals surface area contributed by atoms with Gasteiger partial charge in [-0.25, -0.2) is 0 Å². The van der Waals surface area contributed by atoms with Crippen molar-refractivity contribution in [3.05, 3.63) is 0 Å². The van der Waals surface area contributed by atoms with Crippen molar-refractivity contribution in [2.24, 2.45) is 17.3 Å². The van der Waals surface area contributed by atoms with E-state index in [1.807, 2.05) is 0 Å². The molecule has 0 bridgehead atoms. The first kappa shape index (κ1) is 18.3. The highest BCUT2D eigenvalue weighted by Crippen LogP contribution is 2.42. The molecule has 3 nitrogen and oxygen atoms in total. The molecule has 0 N–H and O–H groups in total. The predicted octanol–water partition coefficient (Wildman–Crippen LogP) is 5.39. The fraction of sp³-hybridized carbons (Fsp3) is 0.900. The Morgan fingerprint density at radius 2 is 1.74 bits per heavy atom. The number of ether oxygens (including phenoxy) is 1. The summed E-state index contributed by atoms with van der Waals surface area (Å²) < 4.78 is 5.80. The monoisotopic (exact) mass is 319 g/mol. The summed E-state index contributed by atoms with van der Waals surface area (Å²) in [5.74, 6) is 0.878. The quantitative estimate of drug-likeness (QED) is 0.617. The molecule has 0 spiro atoms. The van der Waals surface area contributed by atoms with Crippen LogP contribution in [0.1, 0.15) is 90.9 Å². The van der Waals surface area contributed by atoms with E-state index < -0.39 is 0 Å². The standard InChI is InChI=1S/C20H33NO2/c1-3-5-16-6-8-18(9-7-16)23-19(22)17-10-13-20(15-21,12-4-2)14-11-17/h16-18H,3-14H2,1-2H3. The summed E-state index contributed by atoms with van der Waals surface area (Å²) in [4.78, 5) is 12.4. The Bertz CT molecular complexity index is 410. The number of nitrogens with zero attached hydrogens (tertiary/aromatic N) is 1. The largest absolute Gasteiger partial charge is 0.462 e. The molecule has 2 fully saturated rings. The first-order valence-corrected chi connectivity index (χ1v) is 9.74. The zero-order valence-electron chi connectivity index (χ0n) is 15.0. The van der Waals surface area contributed by atoms with Gasteiger partial charge < -0.3 is 4.74 Å². The SMILES string of the molecule is CCCC1CCC(OC(=O)C2CCC(C#N)(CCC)CC2)CC1. The molecule has 2 saturated carbocycles. The first-order valence-electron chi connectivity index (χ1n) is 9.74. The van der Waals surface area contributed by atoms with Gasteiger partial charge >= 0.3 is 5.97 Å². The molecule has 0 saturated heterocycles. The second-order valence-electron chi connectivity index (χ2n) is 7.78.